The molecule has 7 heteroatoms. The summed E-state index contributed by atoms with van der Waals surface area (Å²) in [6.07, 6.45) is -1.88. The van der Waals surface area contributed by atoms with Crippen molar-refractivity contribution < 1.29 is 33.3 Å². The summed E-state index contributed by atoms with van der Waals surface area (Å²) < 4.78 is 28.5. The Morgan fingerprint density at radius 1 is 1.37 bits per heavy atom. The van der Waals surface area contributed by atoms with Crippen LogP contribution in [0.3, 0.4) is 0 Å². The maximum absolute atomic E-state index is 12.2. The molecule has 0 saturated carbocycles. The van der Waals surface area contributed by atoms with Gasteiger partial charge in [0.25, 0.3) is 0 Å². The number of carboxylic acid groups (broad SMARTS) is 1. The second-order valence-electron chi connectivity index (χ2n) is 3.65. The number of aliphatic hydroxyl groups excluding tert-OH is 1. The molecule has 0 saturated heterocycles. The fourth-order valence-corrected chi connectivity index (χ4v) is 1.48. The lowest BCUT2D eigenvalue weighted by Crippen LogP contribution is -2.14. The zero-order chi connectivity index (χ0) is 14.6. The Balaban J connectivity index is 3.25. The van der Waals surface area contributed by atoms with Crippen LogP contribution in [0.25, 0.3) is 0 Å². The van der Waals surface area contributed by atoms with Gasteiger partial charge in [0, 0.05) is 17.5 Å². The second kappa shape index (κ2) is 6.24. The summed E-state index contributed by atoms with van der Waals surface area (Å²) in [6.45, 7) is -1.56. The third-order valence-corrected chi connectivity index (χ3v) is 2.40. The van der Waals surface area contributed by atoms with Crippen LogP contribution in [0.2, 0.25) is 0 Å². The molecule has 1 atom stereocenters. The highest BCUT2D eigenvalue weighted by molar-refractivity contribution is 5.96. The second-order valence-corrected chi connectivity index (χ2v) is 3.65. The molecule has 5 nitrogen and oxygen atoms in total. The number of alkyl halides is 2. The van der Waals surface area contributed by atoms with E-state index in [0.717, 1.165) is 12.1 Å². The molecule has 0 bridgehead atoms. The molecule has 2 N–H and O–H groups in total. The van der Waals surface area contributed by atoms with E-state index in [1.165, 1.54) is 6.07 Å². The van der Waals surface area contributed by atoms with Crippen molar-refractivity contribution in [2.45, 2.75) is 26.1 Å². The molecule has 0 aliphatic rings. The Hall–Kier alpha value is -2.02. The molecule has 1 aromatic rings. The first-order chi connectivity index (χ1) is 8.86. The van der Waals surface area contributed by atoms with Gasteiger partial charge in [0.15, 0.2) is 11.9 Å². The lowest BCUT2D eigenvalue weighted by atomic mass is 10.0. The number of ether oxygens (including phenoxy) is 1. The Labute approximate surface area is 107 Å². The molecule has 1 rings (SSSR count). The SMILES string of the molecule is CCC(=O)c1ccc(OC(F)F)c(C(O)C(=O)O)c1. The zero-order valence-corrected chi connectivity index (χ0v) is 9.97. The van der Waals surface area contributed by atoms with Gasteiger partial charge in [0.1, 0.15) is 5.75 Å². The molecule has 0 aromatic heterocycles. The summed E-state index contributed by atoms with van der Waals surface area (Å²) in [6, 6.07) is 3.32. The van der Waals surface area contributed by atoms with Crippen molar-refractivity contribution in [2.24, 2.45) is 0 Å². The van der Waals surface area contributed by atoms with E-state index in [0.29, 0.717) is 0 Å². The number of hydrogen-bond acceptors (Lipinski definition) is 4. The molecule has 0 aliphatic carbocycles. The molecular weight excluding hydrogens is 262 g/mol. The third-order valence-electron chi connectivity index (χ3n) is 2.40. The van der Waals surface area contributed by atoms with Crippen molar-refractivity contribution >= 4 is 11.8 Å². The Kier molecular flexibility index (Phi) is 4.94. The van der Waals surface area contributed by atoms with Crippen LogP contribution in [0.4, 0.5) is 8.78 Å². The van der Waals surface area contributed by atoms with Crippen LogP contribution >= 0.6 is 0 Å². The molecule has 19 heavy (non-hydrogen) atoms. The molecule has 0 aliphatic heterocycles. The smallest absolute Gasteiger partial charge is 0.387 e. The highest BCUT2D eigenvalue weighted by atomic mass is 19.3. The van der Waals surface area contributed by atoms with Crippen LogP contribution in [-0.4, -0.2) is 28.6 Å². The largest absolute Gasteiger partial charge is 0.479 e. The molecule has 0 amide bonds. The highest BCUT2D eigenvalue weighted by Gasteiger charge is 2.23. The quantitative estimate of drug-likeness (QED) is 0.775. The molecule has 0 radical (unpaired) electrons. The minimum Gasteiger partial charge on any atom is -0.479 e. The van der Waals surface area contributed by atoms with Gasteiger partial charge in [0.05, 0.1) is 0 Å². The molecule has 1 unspecified atom stereocenters. The summed E-state index contributed by atoms with van der Waals surface area (Å²) in [7, 11) is 0. The van der Waals surface area contributed by atoms with Crippen LogP contribution in [0, 0.1) is 0 Å². The van der Waals surface area contributed by atoms with Crippen molar-refractivity contribution in [1.29, 1.82) is 0 Å². The van der Waals surface area contributed by atoms with Crippen molar-refractivity contribution in [3.8, 4) is 5.75 Å². The van der Waals surface area contributed by atoms with Gasteiger partial charge in [-0.25, -0.2) is 4.79 Å². The molecule has 1 aromatic carbocycles. The lowest BCUT2D eigenvalue weighted by Gasteiger charge is -2.14. The van der Waals surface area contributed by atoms with Gasteiger partial charge in [-0.3, -0.25) is 4.79 Å². The van der Waals surface area contributed by atoms with Gasteiger partial charge < -0.3 is 14.9 Å². The Morgan fingerprint density at radius 3 is 2.47 bits per heavy atom. The van der Waals surface area contributed by atoms with Crippen molar-refractivity contribution in [3.63, 3.8) is 0 Å². The van der Waals surface area contributed by atoms with Gasteiger partial charge in [0.2, 0.25) is 0 Å². The molecule has 104 valence electrons. The van der Waals surface area contributed by atoms with Gasteiger partial charge >= 0.3 is 12.6 Å². The predicted octanol–water partition coefficient (Wildman–Crippen LogP) is 2.00. The zero-order valence-electron chi connectivity index (χ0n) is 9.97. The fourth-order valence-electron chi connectivity index (χ4n) is 1.48. The number of carbonyl (C=O) groups is 2. The first kappa shape index (κ1) is 15.0. The van der Waals surface area contributed by atoms with E-state index in [2.05, 4.69) is 4.74 Å². The van der Waals surface area contributed by atoms with Crippen LogP contribution in [0.15, 0.2) is 18.2 Å². The van der Waals surface area contributed by atoms with Crippen LogP contribution < -0.4 is 4.74 Å². The van der Waals surface area contributed by atoms with Crippen molar-refractivity contribution in [3.05, 3.63) is 29.3 Å². The number of carboxylic acids is 1. The van der Waals surface area contributed by atoms with Crippen LogP contribution in [0.1, 0.15) is 35.4 Å². The molecule has 0 spiro atoms. The Morgan fingerprint density at radius 2 is 2.00 bits per heavy atom. The minimum atomic E-state index is -3.16. The number of Topliss-reactive ketones (excluding diaryl/α,β-unsaturated/α-hetero) is 1. The van der Waals surface area contributed by atoms with E-state index < -0.39 is 24.4 Å². The number of ketones is 1. The number of benzene rings is 1. The standard InChI is InChI=1S/C12H12F2O5/c1-2-8(15)6-3-4-9(19-12(13)14)7(5-6)10(16)11(17)18/h3-5,10,12,16H,2H2,1H3,(H,17,18). The highest BCUT2D eigenvalue weighted by Crippen LogP contribution is 2.28. The predicted molar refractivity (Wildman–Crippen MR) is 60.3 cm³/mol. The average molecular weight is 274 g/mol. The summed E-state index contributed by atoms with van der Waals surface area (Å²) in [5.74, 6) is -2.40. The van der Waals surface area contributed by atoms with Crippen molar-refractivity contribution in [2.75, 3.05) is 0 Å². The Bertz CT molecular complexity index is 487. The number of aliphatic carboxylic acids is 1. The van der Waals surface area contributed by atoms with E-state index in [-0.39, 0.29) is 23.3 Å². The van der Waals surface area contributed by atoms with E-state index in [9.17, 15) is 23.5 Å². The monoisotopic (exact) mass is 274 g/mol. The summed E-state index contributed by atoms with van der Waals surface area (Å²) in [5, 5.41) is 18.1. The van der Waals surface area contributed by atoms with E-state index >= 15 is 0 Å². The van der Waals surface area contributed by atoms with Crippen LogP contribution in [0.5, 0.6) is 5.75 Å². The van der Waals surface area contributed by atoms with E-state index in [4.69, 9.17) is 5.11 Å². The number of carbonyl (C=O) groups excluding carboxylic acids is 1. The van der Waals surface area contributed by atoms with E-state index in [1.807, 2.05) is 0 Å². The minimum absolute atomic E-state index is 0.124. The first-order valence-electron chi connectivity index (χ1n) is 5.39. The summed E-state index contributed by atoms with van der Waals surface area (Å²) >= 11 is 0. The van der Waals surface area contributed by atoms with Gasteiger partial charge in [-0.15, -0.1) is 0 Å². The average Bonchev–Trinajstić information content (AvgIpc) is 2.36. The summed E-state index contributed by atoms with van der Waals surface area (Å²) in [4.78, 5) is 22.2. The molecular formula is C12H12F2O5. The number of aliphatic hydroxyl groups is 1. The fraction of sp³-hybridized carbons (Fsp3) is 0.333. The molecule has 0 fully saturated rings. The first-order valence-corrected chi connectivity index (χ1v) is 5.39. The third kappa shape index (κ3) is 3.72. The van der Waals surface area contributed by atoms with Gasteiger partial charge in [-0.1, -0.05) is 6.92 Å². The summed E-state index contributed by atoms with van der Waals surface area (Å²) in [5.41, 5.74) is -0.258. The lowest BCUT2D eigenvalue weighted by molar-refractivity contribution is -0.147. The molecule has 0 heterocycles. The number of hydrogen-bond donors (Lipinski definition) is 2. The normalized spacial score (nSPS) is 12.3. The maximum atomic E-state index is 12.2. The van der Waals surface area contributed by atoms with Crippen molar-refractivity contribution in [1.82, 2.24) is 0 Å². The van der Waals surface area contributed by atoms with Gasteiger partial charge in [-0.2, -0.15) is 8.78 Å². The van der Waals surface area contributed by atoms with Crippen LogP contribution in [-0.2, 0) is 4.79 Å². The maximum Gasteiger partial charge on any atom is 0.387 e. The van der Waals surface area contributed by atoms with E-state index in [1.54, 1.807) is 6.92 Å². The van der Waals surface area contributed by atoms with Gasteiger partial charge in [-0.05, 0) is 18.2 Å². The number of rotatable bonds is 6. The number of halogens is 2. The topological polar surface area (TPSA) is 83.8 Å².